The van der Waals surface area contributed by atoms with E-state index in [0.29, 0.717) is 6.54 Å². The Labute approximate surface area is 108 Å². The van der Waals surface area contributed by atoms with Gasteiger partial charge >= 0.3 is 5.97 Å². The Morgan fingerprint density at radius 3 is 2.39 bits per heavy atom. The van der Waals surface area contributed by atoms with Gasteiger partial charge in [-0.05, 0) is 24.7 Å². The Bertz CT molecular complexity index is 414. The normalized spacial score (nSPS) is 30.9. The number of carboxylic acids is 1. The molecule has 0 bridgehead atoms. The molecule has 18 heavy (non-hydrogen) atoms. The first-order valence-corrected chi connectivity index (χ1v) is 8.21. The maximum absolute atomic E-state index is 12.2. The third kappa shape index (κ3) is 2.85. The highest BCUT2D eigenvalue weighted by Crippen LogP contribution is 2.30. The standard InChI is InChI=1S/C12H21NO4S/c1-9-6-13(7-11(9)12(14)15)18(16,17)8-10-4-2-3-5-10/h9-11H,2-8H2,1H3,(H,14,15)/t9-,11-/m1/s1. The van der Waals surface area contributed by atoms with Gasteiger partial charge in [0.05, 0.1) is 11.7 Å². The van der Waals surface area contributed by atoms with Crippen molar-refractivity contribution in [1.82, 2.24) is 4.31 Å². The molecule has 2 atom stereocenters. The lowest BCUT2D eigenvalue weighted by molar-refractivity contribution is -0.142. The SMILES string of the molecule is C[C@@H]1CN(S(=O)(=O)CC2CCCC2)C[C@H]1C(=O)O. The van der Waals surface area contributed by atoms with Crippen LogP contribution in [0.3, 0.4) is 0 Å². The van der Waals surface area contributed by atoms with Gasteiger partial charge in [0.15, 0.2) is 0 Å². The summed E-state index contributed by atoms with van der Waals surface area (Å²) in [5.74, 6) is -1.06. The van der Waals surface area contributed by atoms with Crippen LogP contribution in [0.5, 0.6) is 0 Å². The predicted molar refractivity (Wildman–Crippen MR) is 67.6 cm³/mol. The first-order chi connectivity index (χ1) is 8.40. The van der Waals surface area contributed by atoms with E-state index >= 15 is 0 Å². The number of carbonyl (C=O) groups is 1. The second-order valence-electron chi connectivity index (χ2n) is 5.67. The van der Waals surface area contributed by atoms with E-state index in [1.54, 1.807) is 0 Å². The van der Waals surface area contributed by atoms with Crippen LogP contribution < -0.4 is 0 Å². The van der Waals surface area contributed by atoms with Crippen LogP contribution >= 0.6 is 0 Å². The number of carboxylic acid groups (broad SMARTS) is 1. The minimum Gasteiger partial charge on any atom is -0.481 e. The molecule has 1 aliphatic carbocycles. The number of nitrogens with zero attached hydrogens (tertiary/aromatic N) is 1. The summed E-state index contributed by atoms with van der Waals surface area (Å²) >= 11 is 0. The fourth-order valence-electron chi connectivity index (χ4n) is 3.05. The summed E-state index contributed by atoms with van der Waals surface area (Å²) in [7, 11) is -3.27. The Balaban J connectivity index is 2.00. The molecule has 0 unspecified atom stereocenters. The topological polar surface area (TPSA) is 74.7 Å². The highest BCUT2D eigenvalue weighted by atomic mass is 32.2. The van der Waals surface area contributed by atoms with E-state index in [9.17, 15) is 13.2 Å². The van der Waals surface area contributed by atoms with Crippen molar-refractivity contribution in [3.63, 3.8) is 0 Å². The third-order valence-corrected chi connectivity index (χ3v) is 6.19. The molecule has 0 amide bonds. The molecule has 1 saturated heterocycles. The summed E-state index contributed by atoms with van der Waals surface area (Å²) in [6, 6.07) is 0. The number of rotatable bonds is 4. The molecule has 0 aromatic rings. The van der Waals surface area contributed by atoms with Crippen molar-refractivity contribution in [3.8, 4) is 0 Å². The fourth-order valence-corrected chi connectivity index (χ4v) is 5.04. The summed E-state index contributed by atoms with van der Waals surface area (Å²) < 4.78 is 25.9. The average Bonchev–Trinajstić information content (AvgIpc) is 2.86. The maximum Gasteiger partial charge on any atom is 0.308 e. The van der Waals surface area contributed by atoms with Crippen LogP contribution in [-0.4, -0.2) is 42.6 Å². The Morgan fingerprint density at radius 1 is 1.28 bits per heavy atom. The van der Waals surface area contributed by atoms with Crippen molar-refractivity contribution in [2.24, 2.45) is 17.8 Å². The van der Waals surface area contributed by atoms with Gasteiger partial charge in [0.1, 0.15) is 0 Å². The molecule has 2 rings (SSSR count). The minimum absolute atomic E-state index is 0.0964. The molecule has 1 N–H and O–H groups in total. The van der Waals surface area contributed by atoms with Gasteiger partial charge in [0.2, 0.25) is 10.0 Å². The second-order valence-corrected chi connectivity index (χ2v) is 7.68. The van der Waals surface area contributed by atoms with E-state index in [4.69, 9.17) is 5.11 Å². The summed E-state index contributed by atoms with van der Waals surface area (Å²) in [6.45, 7) is 2.31. The average molecular weight is 275 g/mol. The van der Waals surface area contributed by atoms with E-state index in [0.717, 1.165) is 25.7 Å². The maximum atomic E-state index is 12.2. The second kappa shape index (κ2) is 5.17. The van der Waals surface area contributed by atoms with Gasteiger partial charge in [-0.15, -0.1) is 0 Å². The zero-order valence-electron chi connectivity index (χ0n) is 10.7. The third-order valence-electron chi connectivity index (χ3n) is 4.21. The van der Waals surface area contributed by atoms with E-state index in [1.165, 1.54) is 4.31 Å². The van der Waals surface area contributed by atoms with Gasteiger partial charge in [-0.3, -0.25) is 4.79 Å². The molecule has 2 aliphatic rings. The molecule has 0 radical (unpaired) electrons. The van der Waals surface area contributed by atoms with Crippen LogP contribution in [0, 0.1) is 17.8 Å². The zero-order valence-corrected chi connectivity index (χ0v) is 11.5. The van der Waals surface area contributed by atoms with Gasteiger partial charge in [-0.25, -0.2) is 12.7 Å². The Morgan fingerprint density at radius 2 is 1.89 bits per heavy atom. The summed E-state index contributed by atoms with van der Waals surface area (Å²) in [4.78, 5) is 11.0. The molecular weight excluding hydrogens is 254 g/mol. The number of sulfonamides is 1. The van der Waals surface area contributed by atoms with Crippen molar-refractivity contribution in [1.29, 1.82) is 0 Å². The molecule has 6 heteroatoms. The van der Waals surface area contributed by atoms with Crippen molar-refractivity contribution < 1.29 is 18.3 Å². The fraction of sp³-hybridized carbons (Fsp3) is 0.917. The van der Waals surface area contributed by atoms with Crippen molar-refractivity contribution in [2.75, 3.05) is 18.8 Å². The lowest BCUT2D eigenvalue weighted by Gasteiger charge is -2.18. The van der Waals surface area contributed by atoms with Crippen molar-refractivity contribution in [3.05, 3.63) is 0 Å². The number of hydrogen-bond acceptors (Lipinski definition) is 3. The van der Waals surface area contributed by atoms with Gasteiger partial charge in [-0.2, -0.15) is 0 Å². The monoisotopic (exact) mass is 275 g/mol. The Hall–Kier alpha value is -0.620. The van der Waals surface area contributed by atoms with Gasteiger partial charge in [-0.1, -0.05) is 19.8 Å². The Kier molecular flexibility index (Phi) is 3.96. The molecule has 5 nitrogen and oxygen atoms in total. The van der Waals surface area contributed by atoms with E-state index in [1.807, 2.05) is 6.92 Å². The van der Waals surface area contributed by atoms with Crippen LogP contribution in [0.1, 0.15) is 32.6 Å². The summed E-state index contributed by atoms with van der Waals surface area (Å²) in [5.41, 5.74) is 0. The van der Waals surface area contributed by atoms with Crippen LogP contribution in [0.4, 0.5) is 0 Å². The van der Waals surface area contributed by atoms with Crippen molar-refractivity contribution >= 4 is 16.0 Å². The summed E-state index contributed by atoms with van der Waals surface area (Å²) in [5, 5.41) is 9.03. The van der Waals surface area contributed by atoms with Gasteiger partial charge in [0, 0.05) is 13.1 Å². The molecule has 1 saturated carbocycles. The minimum atomic E-state index is -3.27. The predicted octanol–water partition coefficient (Wildman–Crippen LogP) is 1.16. The van der Waals surface area contributed by atoms with E-state index in [2.05, 4.69) is 0 Å². The molecule has 0 aromatic carbocycles. The number of hydrogen-bond donors (Lipinski definition) is 1. The summed E-state index contributed by atoms with van der Waals surface area (Å²) in [6.07, 6.45) is 4.22. The molecule has 1 heterocycles. The van der Waals surface area contributed by atoms with Crippen LogP contribution in [0.25, 0.3) is 0 Å². The quantitative estimate of drug-likeness (QED) is 0.835. The van der Waals surface area contributed by atoms with Gasteiger partial charge in [0.25, 0.3) is 0 Å². The van der Waals surface area contributed by atoms with Gasteiger partial charge < -0.3 is 5.11 Å². The van der Waals surface area contributed by atoms with Crippen molar-refractivity contribution in [2.45, 2.75) is 32.6 Å². The smallest absolute Gasteiger partial charge is 0.308 e. The molecule has 0 spiro atoms. The van der Waals surface area contributed by atoms with Crippen LogP contribution in [0.2, 0.25) is 0 Å². The van der Waals surface area contributed by atoms with Crippen LogP contribution in [0.15, 0.2) is 0 Å². The van der Waals surface area contributed by atoms with E-state index in [-0.39, 0.29) is 24.1 Å². The first-order valence-electron chi connectivity index (χ1n) is 6.61. The molecule has 0 aromatic heterocycles. The van der Waals surface area contributed by atoms with E-state index < -0.39 is 21.9 Å². The molecule has 104 valence electrons. The highest BCUT2D eigenvalue weighted by Gasteiger charge is 2.40. The molecular formula is C12H21NO4S. The number of aliphatic carboxylic acids is 1. The lowest BCUT2D eigenvalue weighted by atomic mass is 9.99. The van der Waals surface area contributed by atoms with Crippen LogP contribution in [-0.2, 0) is 14.8 Å². The first kappa shape index (κ1) is 13.8. The highest BCUT2D eigenvalue weighted by molar-refractivity contribution is 7.89. The zero-order chi connectivity index (χ0) is 13.3. The largest absolute Gasteiger partial charge is 0.481 e. The molecule has 2 fully saturated rings. The molecule has 1 aliphatic heterocycles. The lowest BCUT2D eigenvalue weighted by Crippen LogP contribution is -2.34.